The Morgan fingerprint density at radius 2 is 1.89 bits per heavy atom. The molecule has 1 aromatic carbocycles. The maximum Gasteiger partial charge on any atom is 0.416 e. The van der Waals surface area contributed by atoms with Crippen LogP contribution in [0.25, 0.3) is 0 Å². The zero-order chi connectivity index (χ0) is 14.8. The molecule has 19 heavy (non-hydrogen) atoms. The first kappa shape index (κ1) is 15.8. The van der Waals surface area contributed by atoms with Crippen LogP contribution in [0, 0.1) is 5.92 Å². The number of carboxylic acid groups (broad SMARTS) is 1. The molecule has 0 radical (unpaired) electrons. The Hall–Kier alpha value is -1.24. The van der Waals surface area contributed by atoms with Crippen molar-refractivity contribution in [1.82, 2.24) is 0 Å². The van der Waals surface area contributed by atoms with Crippen LogP contribution in [0.5, 0.6) is 0 Å². The van der Waals surface area contributed by atoms with E-state index >= 15 is 0 Å². The third-order valence-electron chi connectivity index (χ3n) is 2.48. The first-order chi connectivity index (χ1) is 8.61. The Kier molecular flexibility index (Phi) is 4.84. The topological polar surface area (TPSA) is 49.3 Å². The molecule has 1 atom stereocenters. The van der Waals surface area contributed by atoms with E-state index in [0.29, 0.717) is 0 Å². The molecule has 0 saturated carbocycles. The summed E-state index contributed by atoms with van der Waals surface area (Å²) in [6.07, 6.45) is -4.48. The van der Waals surface area contributed by atoms with E-state index in [9.17, 15) is 18.0 Å². The molecule has 0 bridgehead atoms. The zero-order valence-electron chi connectivity index (χ0n) is 10.3. The molecular formula is C12H13BrF3NO2. The average molecular weight is 340 g/mol. The maximum absolute atomic E-state index is 12.6. The fourth-order valence-corrected chi connectivity index (χ4v) is 2.02. The lowest BCUT2D eigenvalue weighted by Gasteiger charge is -2.20. The first-order valence-corrected chi connectivity index (χ1v) is 6.27. The molecule has 0 spiro atoms. The van der Waals surface area contributed by atoms with Crippen molar-refractivity contribution < 1.29 is 23.1 Å². The number of nitrogens with one attached hydrogen (secondary N) is 1. The van der Waals surface area contributed by atoms with E-state index in [1.807, 2.05) is 0 Å². The predicted octanol–water partition coefficient (Wildman–Crippen LogP) is 3.99. The summed E-state index contributed by atoms with van der Waals surface area (Å²) in [7, 11) is 0. The summed E-state index contributed by atoms with van der Waals surface area (Å²) < 4.78 is 38.1. The lowest BCUT2D eigenvalue weighted by atomic mass is 10.0. The van der Waals surface area contributed by atoms with Gasteiger partial charge in [-0.2, -0.15) is 13.2 Å². The van der Waals surface area contributed by atoms with Gasteiger partial charge in [-0.15, -0.1) is 0 Å². The van der Waals surface area contributed by atoms with Gasteiger partial charge in [0.2, 0.25) is 0 Å². The van der Waals surface area contributed by atoms with Crippen LogP contribution in [-0.2, 0) is 11.0 Å². The van der Waals surface area contributed by atoms with Crippen LogP contribution in [0.4, 0.5) is 18.9 Å². The summed E-state index contributed by atoms with van der Waals surface area (Å²) in [5.74, 6) is -1.37. The molecule has 0 heterocycles. The lowest BCUT2D eigenvalue weighted by Crippen LogP contribution is -2.34. The number of rotatable bonds is 4. The molecule has 0 aliphatic carbocycles. The second kappa shape index (κ2) is 5.81. The molecule has 0 saturated heterocycles. The summed E-state index contributed by atoms with van der Waals surface area (Å²) in [4.78, 5) is 11.0. The van der Waals surface area contributed by atoms with Gasteiger partial charge in [0.25, 0.3) is 0 Å². The maximum atomic E-state index is 12.6. The number of anilines is 1. The molecule has 2 N–H and O–H groups in total. The number of hydrogen-bond acceptors (Lipinski definition) is 2. The molecule has 0 aromatic heterocycles. The van der Waals surface area contributed by atoms with Crippen molar-refractivity contribution in [3.05, 3.63) is 28.2 Å². The minimum atomic E-state index is -4.48. The van der Waals surface area contributed by atoms with E-state index in [2.05, 4.69) is 21.2 Å². The van der Waals surface area contributed by atoms with Gasteiger partial charge in [-0.05, 0) is 24.1 Å². The van der Waals surface area contributed by atoms with E-state index < -0.39 is 23.8 Å². The van der Waals surface area contributed by atoms with Crippen LogP contribution in [0.15, 0.2) is 22.7 Å². The van der Waals surface area contributed by atoms with Crippen LogP contribution >= 0.6 is 15.9 Å². The molecule has 0 aliphatic heterocycles. The van der Waals surface area contributed by atoms with E-state index in [0.717, 1.165) is 12.1 Å². The average Bonchev–Trinajstić information content (AvgIpc) is 2.23. The SMILES string of the molecule is CC(C)C(Nc1cc(Br)cc(C(F)(F)F)c1)C(=O)O. The van der Waals surface area contributed by atoms with Crippen LogP contribution in [0.1, 0.15) is 19.4 Å². The number of aliphatic carboxylic acids is 1. The van der Waals surface area contributed by atoms with E-state index in [1.165, 1.54) is 6.07 Å². The largest absolute Gasteiger partial charge is 0.480 e. The molecule has 0 fully saturated rings. The lowest BCUT2D eigenvalue weighted by molar-refractivity contribution is -0.139. The summed E-state index contributed by atoms with van der Waals surface area (Å²) in [5, 5.41) is 11.6. The van der Waals surface area contributed by atoms with Gasteiger partial charge in [-0.25, -0.2) is 4.79 Å². The molecular weight excluding hydrogens is 327 g/mol. The van der Waals surface area contributed by atoms with Crippen molar-refractivity contribution in [2.45, 2.75) is 26.1 Å². The normalized spacial score (nSPS) is 13.4. The molecule has 7 heteroatoms. The highest BCUT2D eigenvalue weighted by Gasteiger charge is 2.31. The highest BCUT2D eigenvalue weighted by atomic mass is 79.9. The highest BCUT2D eigenvalue weighted by Crippen LogP contribution is 2.33. The standard InChI is InChI=1S/C12H13BrF3NO2/c1-6(2)10(11(18)19)17-9-4-7(12(14,15)16)3-8(13)5-9/h3-6,10,17H,1-2H3,(H,18,19). The molecule has 1 rings (SSSR count). The van der Waals surface area contributed by atoms with Gasteiger partial charge in [0, 0.05) is 10.2 Å². The van der Waals surface area contributed by atoms with Crippen molar-refractivity contribution in [2.75, 3.05) is 5.32 Å². The van der Waals surface area contributed by atoms with Crippen LogP contribution in [-0.4, -0.2) is 17.1 Å². The molecule has 0 amide bonds. The summed E-state index contributed by atoms with van der Waals surface area (Å²) >= 11 is 2.98. The molecule has 1 aromatic rings. The number of alkyl halides is 3. The Labute approximate surface area is 116 Å². The van der Waals surface area contributed by atoms with Gasteiger partial charge >= 0.3 is 12.1 Å². The number of halogens is 4. The molecule has 1 unspecified atom stereocenters. The Morgan fingerprint density at radius 3 is 2.32 bits per heavy atom. The Balaban J connectivity index is 3.08. The Bertz CT molecular complexity index is 475. The van der Waals surface area contributed by atoms with Crippen LogP contribution in [0.2, 0.25) is 0 Å². The predicted molar refractivity (Wildman–Crippen MR) is 69.0 cm³/mol. The fourth-order valence-electron chi connectivity index (χ4n) is 1.53. The second-order valence-electron chi connectivity index (χ2n) is 4.43. The van der Waals surface area contributed by atoms with Gasteiger partial charge in [0.1, 0.15) is 6.04 Å². The van der Waals surface area contributed by atoms with Gasteiger partial charge in [0.15, 0.2) is 0 Å². The molecule has 106 valence electrons. The summed E-state index contributed by atoms with van der Waals surface area (Å²) in [5.41, 5.74) is -0.722. The monoisotopic (exact) mass is 339 g/mol. The highest BCUT2D eigenvalue weighted by molar-refractivity contribution is 9.10. The number of carboxylic acids is 1. The Morgan fingerprint density at radius 1 is 1.32 bits per heavy atom. The minimum absolute atomic E-state index is 0.114. The van der Waals surface area contributed by atoms with Crippen LogP contribution < -0.4 is 5.32 Å². The van der Waals surface area contributed by atoms with E-state index in [1.54, 1.807) is 13.8 Å². The van der Waals surface area contributed by atoms with Gasteiger partial charge in [-0.3, -0.25) is 0 Å². The van der Waals surface area contributed by atoms with Crippen molar-refractivity contribution in [1.29, 1.82) is 0 Å². The van der Waals surface area contributed by atoms with Gasteiger partial charge in [-0.1, -0.05) is 29.8 Å². The molecule has 0 aliphatic rings. The quantitative estimate of drug-likeness (QED) is 0.871. The van der Waals surface area contributed by atoms with E-state index in [4.69, 9.17) is 5.11 Å². The number of carbonyl (C=O) groups is 1. The number of benzene rings is 1. The van der Waals surface area contributed by atoms with Crippen molar-refractivity contribution in [3.63, 3.8) is 0 Å². The minimum Gasteiger partial charge on any atom is -0.480 e. The van der Waals surface area contributed by atoms with Crippen molar-refractivity contribution in [3.8, 4) is 0 Å². The summed E-state index contributed by atoms with van der Waals surface area (Å²) in [6.45, 7) is 3.35. The molecule has 3 nitrogen and oxygen atoms in total. The summed E-state index contributed by atoms with van der Waals surface area (Å²) in [6, 6.07) is 2.29. The second-order valence-corrected chi connectivity index (χ2v) is 5.35. The van der Waals surface area contributed by atoms with Gasteiger partial charge < -0.3 is 10.4 Å². The van der Waals surface area contributed by atoms with Crippen LogP contribution in [0.3, 0.4) is 0 Å². The van der Waals surface area contributed by atoms with Crippen molar-refractivity contribution >= 4 is 27.6 Å². The first-order valence-electron chi connectivity index (χ1n) is 5.48. The smallest absolute Gasteiger partial charge is 0.416 e. The van der Waals surface area contributed by atoms with E-state index in [-0.39, 0.29) is 16.1 Å². The zero-order valence-corrected chi connectivity index (χ0v) is 11.8. The third-order valence-corrected chi connectivity index (χ3v) is 2.94. The van der Waals surface area contributed by atoms with Crippen molar-refractivity contribution in [2.24, 2.45) is 5.92 Å². The third kappa shape index (κ3) is 4.41. The number of hydrogen-bond donors (Lipinski definition) is 2. The van der Waals surface area contributed by atoms with Gasteiger partial charge in [0.05, 0.1) is 5.56 Å². The fraction of sp³-hybridized carbons (Fsp3) is 0.417.